The molecule has 116 valence electrons. The molecule has 0 amide bonds. The van der Waals surface area contributed by atoms with Gasteiger partial charge in [0.05, 0.1) is 29.0 Å². The van der Waals surface area contributed by atoms with Gasteiger partial charge in [0.2, 0.25) is 11.8 Å². The minimum absolute atomic E-state index is 0.0283. The molecule has 0 saturated carbocycles. The van der Waals surface area contributed by atoms with Crippen LogP contribution in [0.25, 0.3) is 16.5 Å². The van der Waals surface area contributed by atoms with Crippen molar-refractivity contribution in [1.29, 1.82) is 0 Å². The highest BCUT2D eigenvalue weighted by molar-refractivity contribution is 5.95. The molecule has 0 spiro atoms. The second-order valence-electron chi connectivity index (χ2n) is 6.15. The Kier molecular flexibility index (Phi) is 2.35. The van der Waals surface area contributed by atoms with Crippen LogP contribution >= 0.6 is 0 Å². The van der Waals surface area contributed by atoms with Gasteiger partial charge in [-0.3, -0.25) is 4.57 Å². The highest BCUT2D eigenvalue weighted by atomic mass is 16.5. The van der Waals surface area contributed by atoms with E-state index < -0.39 is 0 Å². The highest BCUT2D eigenvalue weighted by Crippen LogP contribution is 2.58. The Hall–Kier alpha value is -2.66. The number of fused-ring (bicyclic) bond motifs is 6. The second kappa shape index (κ2) is 4.20. The molecule has 1 fully saturated rings. The maximum absolute atomic E-state index is 10.7. The van der Waals surface area contributed by atoms with E-state index in [1.165, 1.54) is 4.57 Å². The average molecular weight is 309 g/mol. The SMILES string of the molecule is Oc1cccc2c(-n3c(O)c4c(c3O)[C@H]3CC[C@@H]4O3)cccc12. The van der Waals surface area contributed by atoms with Gasteiger partial charge in [-0.1, -0.05) is 24.3 Å². The van der Waals surface area contributed by atoms with E-state index >= 15 is 0 Å². The average Bonchev–Trinajstić information content (AvgIpc) is 3.22. The largest absolute Gasteiger partial charge is 0.507 e. The van der Waals surface area contributed by atoms with E-state index in [4.69, 9.17) is 4.74 Å². The van der Waals surface area contributed by atoms with Gasteiger partial charge < -0.3 is 20.1 Å². The Labute approximate surface area is 132 Å². The molecule has 0 radical (unpaired) electrons. The van der Waals surface area contributed by atoms with Crippen molar-refractivity contribution in [2.24, 2.45) is 0 Å². The van der Waals surface area contributed by atoms with Crippen molar-refractivity contribution >= 4 is 10.8 Å². The number of hydrogen-bond donors (Lipinski definition) is 3. The normalized spacial score (nSPS) is 21.9. The Morgan fingerprint density at radius 1 is 0.826 bits per heavy atom. The van der Waals surface area contributed by atoms with Gasteiger partial charge in [-0.15, -0.1) is 0 Å². The van der Waals surface area contributed by atoms with Crippen molar-refractivity contribution in [2.45, 2.75) is 25.0 Å². The molecule has 2 aliphatic rings. The van der Waals surface area contributed by atoms with Crippen LogP contribution in [0.2, 0.25) is 0 Å². The molecule has 2 bridgehead atoms. The van der Waals surface area contributed by atoms with Gasteiger partial charge >= 0.3 is 0 Å². The molecule has 23 heavy (non-hydrogen) atoms. The summed E-state index contributed by atoms with van der Waals surface area (Å²) in [6.07, 6.45) is 1.46. The Balaban J connectivity index is 1.84. The molecule has 1 saturated heterocycles. The molecule has 3 N–H and O–H groups in total. The summed E-state index contributed by atoms with van der Waals surface area (Å²) >= 11 is 0. The third kappa shape index (κ3) is 1.50. The lowest BCUT2D eigenvalue weighted by atomic mass is 9.95. The van der Waals surface area contributed by atoms with E-state index in [0.29, 0.717) is 22.2 Å². The van der Waals surface area contributed by atoms with Crippen LogP contribution in [0, 0.1) is 0 Å². The molecule has 2 atom stereocenters. The number of rotatable bonds is 1. The summed E-state index contributed by atoms with van der Waals surface area (Å²) < 4.78 is 7.23. The first-order chi connectivity index (χ1) is 11.2. The van der Waals surface area contributed by atoms with Crippen molar-refractivity contribution in [1.82, 2.24) is 4.57 Å². The zero-order valence-corrected chi connectivity index (χ0v) is 12.2. The Bertz CT molecular complexity index is 926. The predicted octanol–water partition coefficient (Wildman–Crippen LogP) is 3.65. The monoisotopic (exact) mass is 309 g/mol. The summed E-state index contributed by atoms with van der Waals surface area (Å²) in [5.41, 5.74) is 2.05. The van der Waals surface area contributed by atoms with Gasteiger partial charge in [0.25, 0.3) is 0 Å². The van der Waals surface area contributed by atoms with Gasteiger partial charge in [0, 0.05) is 10.8 Å². The fraction of sp³-hybridized carbons (Fsp3) is 0.222. The zero-order valence-electron chi connectivity index (χ0n) is 12.2. The van der Waals surface area contributed by atoms with E-state index in [9.17, 15) is 15.3 Å². The molecule has 2 aliphatic heterocycles. The van der Waals surface area contributed by atoms with Crippen molar-refractivity contribution < 1.29 is 20.1 Å². The highest BCUT2D eigenvalue weighted by Gasteiger charge is 2.45. The molecule has 3 heterocycles. The van der Waals surface area contributed by atoms with E-state index in [2.05, 4.69) is 0 Å². The van der Waals surface area contributed by atoms with Crippen molar-refractivity contribution in [3.8, 4) is 23.2 Å². The molecule has 2 aromatic carbocycles. The lowest BCUT2D eigenvalue weighted by Gasteiger charge is -2.13. The number of nitrogens with zero attached hydrogens (tertiary/aromatic N) is 1. The number of benzene rings is 2. The molecular formula is C18H15NO4. The predicted molar refractivity (Wildman–Crippen MR) is 84.1 cm³/mol. The molecule has 0 unspecified atom stereocenters. The lowest BCUT2D eigenvalue weighted by molar-refractivity contribution is 0.0683. The maximum Gasteiger partial charge on any atom is 0.205 e. The Morgan fingerprint density at radius 2 is 1.43 bits per heavy atom. The summed E-state index contributed by atoms with van der Waals surface area (Å²) in [4.78, 5) is 0. The van der Waals surface area contributed by atoms with Crippen LogP contribution in [0.3, 0.4) is 0 Å². The molecular weight excluding hydrogens is 294 g/mol. The minimum atomic E-state index is -0.134. The molecule has 3 aromatic rings. The van der Waals surface area contributed by atoms with Crippen LogP contribution in [0.4, 0.5) is 0 Å². The summed E-state index contributed by atoms with van der Waals surface area (Å²) in [5.74, 6) is 0.229. The van der Waals surface area contributed by atoms with Crippen LogP contribution in [0.1, 0.15) is 36.2 Å². The molecule has 5 rings (SSSR count). The lowest BCUT2D eigenvalue weighted by Crippen LogP contribution is -1.97. The van der Waals surface area contributed by atoms with Crippen LogP contribution in [-0.4, -0.2) is 19.9 Å². The van der Waals surface area contributed by atoms with Gasteiger partial charge in [0.1, 0.15) is 5.75 Å². The van der Waals surface area contributed by atoms with Gasteiger partial charge in [-0.25, -0.2) is 0 Å². The molecule has 0 aliphatic carbocycles. The van der Waals surface area contributed by atoms with E-state index in [0.717, 1.165) is 18.2 Å². The molecule has 1 aromatic heterocycles. The number of aromatic nitrogens is 1. The minimum Gasteiger partial charge on any atom is -0.507 e. The summed E-state index contributed by atoms with van der Waals surface area (Å²) in [6.45, 7) is 0. The first kappa shape index (κ1) is 12.8. The summed E-state index contributed by atoms with van der Waals surface area (Å²) in [7, 11) is 0. The topological polar surface area (TPSA) is 74.9 Å². The fourth-order valence-electron chi connectivity index (χ4n) is 3.98. The van der Waals surface area contributed by atoms with Crippen LogP contribution in [0.5, 0.6) is 17.5 Å². The number of hydrogen-bond acceptors (Lipinski definition) is 4. The molecule has 5 nitrogen and oxygen atoms in total. The standard InChI is InChI=1S/C18H15NO4/c20-12-6-2-3-9-10(12)4-1-5-11(9)19-17(21)15-13-7-8-14(23-13)16(15)18(19)22/h1-6,13-14,20-22H,7-8H2/t13-,14+. The summed E-state index contributed by atoms with van der Waals surface area (Å²) in [6, 6.07) is 10.7. The van der Waals surface area contributed by atoms with E-state index in [1.807, 2.05) is 18.2 Å². The smallest absolute Gasteiger partial charge is 0.205 e. The maximum atomic E-state index is 10.7. The third-order valence-corrected chi connectivity index (χ3v) is 4.98. The van der Waals surface area contributed by atoms with Crippen molar-refractivity contribution in [3.63, 3.8) is 0 Å². The zero-order chi connectivity index (χ0) is 15.7. The van der Waals surface area contributed by atoms with Crippen molar-refractivity contribution in [2.75, 3.05) is 0 Å². The van der Waals surface area contributed by atoms with Crippen LogP contribution < -0.4 is 0 Å². The third-order valence-electron chi connectivity index (χ3n) is 4.98. The Morgan fingerprint density at radius 3 is 2.13 bits per heavy atom. The van der Waals surface area contributed by atoms with Gasteiger partial charge in [-0.2, -0.15) is 0 Å². The second-order valence-corrected chi connectivity index (χ2v) is 6.15. The fourth-order valence-corrected chi connectivity index (χ4v) is 3.98. The van der Waals surface area contributed by atoms with Gasteiger partial charge in [0.15, 0.2) is 0 Å². The first-order valence-electron chi connectivity index (χ1n) is 7.69. The van der Waals surface area contributed by atoms with Crippen molar-refractivity contribution in [3.05, 3.63) is 47.5 Å². The number of phenols is 1. The quantitative estimate of drug-likeness (QED) is 0.641. The number of phenolic OH excluding ortho intramolecular Hbond substituents is 1. The first-order valence-corrected chi connectivity index (χ1v) is 7.69. The number of ether oxygens (including phenoxy) is 1. The van der Waals surface area contributed by atoms with Crippen LogP contribution in [-0.2, 0) is 4.74 Å². The number of aromatic hydroxyl groups is 3. The van der Waals surface area contributed by atoms with E-state index in [-0.39, 0.29) is 29.7 Å². The van der Waals surface area contributed by atoms with Crippen LogP contribution in [0.15, 0.2) is 36.4 Å². The molecule has 5 heteroatoms. The van der Waals surface area contributed by atoms with E-state index in [1.54, 1.807) is 18.2 Å². The summed E-state index contributed by atoms with van der Waals surface area (Å²) in [5, 5.41) is 32.9. The van der Waals surface area contributed by atoms with Gasteiger partial charge in [-0.05, 0) is 25.0 Å².